The number of ether oxygens (including phenoxy) is 1. The quantitative estimate of drug-likeness (QED) is 0.520. The Balaban J connectivity index is 1.42. The molecule has 1 saturated carbocycles. The normalized spacial score (nSPS) is 26.4. The molecule has 1 aliphatic carbocycles. The van der Waals surface area contributed by atoms with Gasteiger partial charge < -0.3 is 9.84 Å². The summed E-state index contributed by atoms with van der Waals surface area (Å²) in [6.45, 7) is 9.16. The van der Waals surface area contributed by atoms with Crippen LogP contribution in [0.15, 0.2) is 48.5 Å². The fourth-order valence-electron chi connectivity index (χ4n) is 5.98. The van der Waals surface area contributed by atoms with Crippen LogP contribution in [0.1, 0.15) is 57.3 Å². The average Bonchev–Trinajstić information content (AvgIpc) is 2.92. The summed E-state index contributed by atoms with van der Waals surface area (Å²) in [5, 5.41) is 12.2. The molecule has 0 aromatic heterocycles. The van der Waals surface area contributed by atoms with Gasteiger partial charge in [0.25, 0.3) is 0 Å². The zero-order valence-corrected chi connectivity index (χ0v) is 20.2. The number of halogens is 2. The van der Waals surface area contributed by atoms with Crippen molar-refractivity contribution >= 4 is 23.2 Å². The maximum absolute atomic E-state index is 10.9. The van der Waals surface area contributed by atoms with Crippen molar-refractivity contribution in [3.8, 4) is 0 Å². The van der Waals surface area contributed by atoms with Gasteiger partial charge in [-0.15, -0.1) is 0 Å². The molecule has 168 valence electrons. The van der Waals surface area contributed by atoms with Crippen molar-refractivity contribution in [3.63, 3.8) is 0 Å². The first kappa shape index (κ1) is 23.1. The van der Waals surface area contributed by atoms with E-state index in [1.807, 2.05) is 48.5 Å². The van der Waals surface area contributed by atoms with Gasteiger partial charge in [0.2, 0.25) is 0 Å². The lowest BCUT2D eigenvalue weighted by molar-refractivity contribution is -0.0112. The summed E-state index contributed by atoms with van der Waals surface area (Å²) in [5.74, 6) is 0. The third kappa shape index (κ3) is 5.64. The van der Waals surface area contributed by atoms with Crippen LogP contribution in [-0.2, 0) is 4.74 Å². The lowest BCUT2D eigenvalue weighted by atomic mass is 9.65. The monoisotopic (exact) mass is 461 g/mol. The summed E-state index contributed by atoms with van der Waals surface area (Å²) < 4.78 is 6.28. The van der Waals surface area contributed by atoms with E-state index < -0.39 is 6.10 Å². The second kappa shape index (κ2) is 9.03. The average molecular weight is 462 g/mol. The van der Waals surface area contributed by atoms with Crippen molar-refractivity contribution in [1.82, 2.24) is 4.90 Å². The molecule has 0 amide bonds. The van der Waals surface area contributed by atoms with E-state index in [0.717, 1.165) is 17.7 Å². The first-order valence-electron chi connectivity index (χ1n) is 11.2. The highest BCUT2D eigenvalue weighted by atomic mass is 35.5. The first-order valence-corrected chi connectivity index (χ1v) is 11.9. The summed E-state index contributed by atoms with van der Waals surface area (Å²) >= 11 is 12.2. The highest BCUT2D eigenvalue weighted by Crippen LogP contribution is 2.52. The zero-order valence-electron chi connectivity index (χ0n) is 18.7. The van der Waals surface area contributed by atoms with E-state index in [0.29, 0.717) is 33.5 Å². The number of rotatable bonds is 7. The van der Waals surface area contributed by atoms with Crippen molar-refractivity contribution in [1.29, 1.82) is 0 Å². The van der Waals surface area contributed by atoms with Gasteiger partial charge in [0.05, 0.1) is 12.7 Å². The molecule has 1 N–H and O–H groups in total. The molecule has 0 spiro atoms. The minimum atomic E-state index is -0.534. The lowest BCUT2D eigenvalue weighted by Gasteiger charge is -2.40. The van der Waals surface area contributed by atoms with Gasteiger partial charge in [0.1, 0.15) is 6.10 Å². The predicted octanol–water partition coefficient (Wildman–Crippen LogP) is 6.36. The molecule has 2 aliphatic rings. The maximum Gasteiger partial charge on any atom is 0.108 e. The van der Waals surface area contributed by atoms with Crippen molar-refractivity contribution in [2.45, 2.75) is 58.3 Å². The van der Waals surface area contributed by atoms with E-state index >= 15 is 0 Å². The third-order valence-electron chi connectivity index (χ3n) is 6.77. The van der Waals surface area contributed by atoms with Gasteiger partial charge >= 0.3 is 0 Å². The molecule has 2 bridgehead atoms. The van der Waals surface area contributed by atoms with Crippen LogP contribution >= 0.6 is 23.2 Å². The topological polar surface area (TPSA) is 32.7 Å². The number of aliphatic hydroxyl groups is 1. The second-order valence-electron chi connectivity index (χ2n) is 10.6. The predicted molar refractivity (Wildman–Crippen MR) is 128 cm³/mol. The number of fused-ring (bicyclic) bond motifs is 2. The second-order valence-corrected chi connectivity index (χ2v) is 11.5. The van der Waals surface area contributed by atoms with Gasteiger partial charge in [0, 0.05) is 29.2 Å². The molecular formula is C26H33Cl2NO2. The molecule has 31 heavy (non-hydrogen) atoms. The molecule has 0 radical (unpaired) electrons. The van der Waals surface area contributed by atoms with Crippen LogP contribution in [-0.4, -0.2) is 41.8 Å². The third-order valence-corrected chi connectivity index (χ3v) is 7.27. The van der Waals surface area contributed by atoms with E-state index in [2.05, 4.69) is 25.7 Å². The van der Waals surface area contributed by atoms with Gasteiger partial charge in [-0.05, 0) is 65.5 Å². The van der Waals surface area contributed by atoms with Crippen LogP contribution in [0.5, 0.6) is 0 Å². The smallest absolute Gasteiger partial charge is 0.108 e. The largest absolute Gasteiger partial charge is 0.389 e. The van der Waals surface area contributed by atoms with Crippen molar-refractivity contribution in [2.24, 2.45) is 10.8 Å². The standard InChI is InChI=1S/C26H33Cl2NO2/c1-25(2)12-22-13-26(3,16-25)17-29(22)14-23(30)15-31-24(18-4-8-20(27)9-5-18)19-6-10-21(28)11-7-19/h4-11,22-24,30H,12-17H2,1-3H3. The molecule has 3 unspecified atom stereocenters. The van der Waals surface area contributed by atoms with Gasteiger partial charge in [-0.3, -0.25) is 4.90 Å². The van der Waals surface area contributed by atoms with Gasteiger partial charge in [0.15, 0.2) is 0 Å². The van der Waals surface area contributed by atoms with Crippen molar-refractivity contribution in [2.75, 3.05) is 19.7 Å². The SMILES string of the molecule is CC1(C)CC2CC(C)(CN2CC(O)COC(c2ccc(Cl)cc2)c2ccc(Cl)cc2)C1. The van der Waals surface area contributed by atoms with E-state index in [-0.39, 0.29) is 12.7 Å². The van der Waals surface area contributed by atoms with Crippen LogP contribution in [0, 0.1) is 10.8 Å². The molecule has 2 aromatic carbocycles. The van der Waals surface area contributed by atoms with Crippen LogP contribution in [0.25, 0.3) is 0 Å². The van der Waals surface area contributed by atoms with E-state index in [1.165, 1.54) is 19.3 Å². The Morgan fingerprint density at radius 2 is 1.52 bits per heavy atom. The molecule has 2 fully saturated rings. The molecule has 2 aromatic rings. The fraction of sp³-hybridized carbons (Fsp3) is 0.538. The van der Waals surface area contributed by atoms with Gasteiger partial charge in [-0.25, -0.2) is 0 Å². The number of nitrogens with zero attached hydrogens (tertiary/aromatic N) is 1. The lowest BCUT2D eigenvalue weighted by Crippen LogP contribution is -2.39. The maximum atomic E-state index is 10.9. The van der Waals surface area contributed by atoms with Crippen LogP contribution in [0.2, 0.25) is 10.0 Å². The Labute approximate surface area is 196 Å². The summed E-state index contributed by atoms with van der Waals surface area (Å²) in [7, 11) is 0. The number of likely N-dealkylation sites (tertiary alicyclic amines) is 1. The van der Waals surface area contributed by atoms with Gasteiger partial charge in [-0.1, -0.05) is 68.2 Å². The summed E-state index contributed by atoms with van der Waals surface area (Å²) in [4.78, 5) is 2.49. The highest BCUT2D eigenvalue weighted by Gasteiger charge is 2.49. The summed E-state index contributed by atoms with van der Waals surface area (Å²) in [6.07, 6.45) is 2.89. The van der Waals surface area contributed by atoms with Gasteiger partial charge in [-0.2, -0.15) is 0 Å². The Morgan fingerprint density at radius 1 is 0.968 bits per heavy atom. The number of benzene rings is 2. The first-order chi connectivity index (χ1) is 14.6. The minimum absolute atomic E-state index is 0.277. The number of hydrogen-bond donors (Lipinski definition) is 1. The van der Waals surface area contributed by atoms with E-state index in [4.69, 9.17) is 27.9 Å². The van der Waals surface area contributed by atoms with Crippen molar-refractivity contribution in [3.05, 3.63) is 69.7 Å². The molecule has 3 atom stereocenters. The Kier molecular flexibility index (Phi) is 6.72. The Bertz CT molecular complexity index is 838. The van der Waals surface area contributed by atoms with E-state index in [9.17, 15) is 5.11 Å². The summed E-state index contributed by atoms with van der Waals surface area (Å²) in [5.41, 5.74) is 2.75. The van der Waals surface area contributed by atoms with E-state index in [1.54, 1.807) is 0 Å². The molecular weight excluding hydrogens is 429 g/mol. The van der Waals surface area contributed by atoms with Crippen molar-refractivity contribution < 1.29 is 9.84 Å². The summed E-state index contributed by atoms with van der Waals surface area (Å²) in [6, 6.07) is 15.9. The molecule has 1 aliphatic heterocycles. The van der Waals surface area contributed by atoms with Crippen LogP contribution in [0.4, 0.5) is 0 Å². The molecule has 4 rings (SSSR count). The Morgan fingerprint density at radius 3 is 2.06 bits per heavy atom. The van der Waals surface area contributed by atoms with Crippen LogP contribution in [0.3, 0.4) is 0 Å². The molecule has 5 heteroatoms. The molecule has 1 saturated heterocycles. The number of hydrogen-bond acceptors (Lipinski definition) is 3. The van der Waals surface area contributed by atoms with Crippen LogP contribution < -0.4 is 0 Å². The number of β-amino-alcohol motifs (C(OH)–C–C–N with tert-alkyl or cyclic N) is 1. The molecule has 1 heterocycles. The Hall–Kier alpha value is -1.10. The minimum Gasteiger partial charge on any atom is -0.389 e. The highest BCUT2D eigenvalue weighted by molar-refractivity contribution is 6.30. The number of aliphatic hydroxyl groups excluding tert-OH is 1. The molecule has 3 nitrogen and oxygen atoms in total. The zero-order chi connectivity index (χ0) is 22.2. The fourth-order valence-corrected chi connectivity index (χ4v) is 6.23.